The molecule has 11 heteroatoms. The number of amides is 1. The van der Waals surface area contributed by atoms with Crippen LogP contribution in [0.3, 0.4) is 0 Å². The zero-order valence-corrected chi connectivity index (χ0v) is 16.5. The van der Waals surface area contributed by atoms with E-state index in [1.54, 1.807) is 24.3 Å². The normalized spacial score (nSPS) is 10.6. The van der Waals surface area contributed by atoms with Crippen LogP contribution in [0.25, 0.3) is 11.3 Å². The van der Waals surface area contributed by atoms with Gasteiger partial charge in [0.15, 0.2) is 0 Å². The second kappa shape index (κ2) is 9.31. The summed E-state index contributed by atoms with van der Waals surface area (Å²) in [7, 11) is 2.68. The molecule has 0 saturated carbocycles. The molecule has 0 unspecified atom stereocenters. The molecule has 0 saturated heterocycles. The van der Waals surface area contributed by atoms with E-state index < -0.39 is 16.5 Å². The number of aromatic nitrogens is 2. The number of hydrogen-bond donors (Lipinski definition) is 2. The first-order chi connectivity index (χ1) is 14.9. The molecule has 0 bridgehead atoms. The van der Waals surface area contributed by atoms with Crippen molar-refractivity contribution < 1.29 is 19.2 Å². The number of aromatic amines is 1. The van der Waals surface area contributed by atoms with Crippen LogP contribution in [-0.4, -0.2) is 41.2 Å². The SMILES string of the molecule is COc1cc(OC)c([N+](=O)[O-])cc1/C=N/NC(=O)c1cc(-c2ccccc2)nc(=O)[nH]1. The Bertz CT molecular complexity index is 1210. The van der Waals surface area contributed by atoms with Crippen LogP contribution in [0, 0.1) is 10.1 Å². The van der Waals surface area contributed by atoms with E-state index in [2.05, 4.69) is 20.5 Å². The highest BCUT2D eigenvalue weighted by molar-refractivity contribution is 5.94. The van der Waals surface area contributed by atoms with E-state index in [1.165, 1.54) is 38.6 Å². The number of carbonyl (C=O) groups is 1. The number of rotatable bonds is 7. The summed E-state index contributed by atoms with van der Waals surface area (Å²) in [4.78, 5) is 41.1. The monoisotopic (exact) mass is 423 g/mol. The predicted molar refractivity (Wildman–Crippen MR) is 112 cm³/mol. The van der Waals surface area contributed by atoms with E-state index in [0.29, 0.717) is 11.3 Å². The van der Waals surface area contributed by atoms with Gasteiger partial charge in [-0.1, -0.05) is 30.3 Å². The summed E-state index contributed by atoms with van der Waals surface area (Å²) in [5, 5.41) is 15.0. The molecule has 0 spiro atoms. The molecule has 1 amide bonds. The van der Waals surface area contributed by atoms with E-state index in [9.17, 15) is 19.7 Å². The predicted octanol–water partition coefficient (Wildman–Crippen LogP) is 2.13. The Morgan fingerprint density at radius 1 is 1.16 bits per heavy atom. The highest BCUT2D eigenvalue weighted by Crippen LogP contribution is 2.33. The van der Waals surface area contributed by atoms with Crippen LogP contribution in [0.1, 0.15) is 16.1 Å². The summed E-state index contributed by atoms with van der Waals surface area (Å²) < 4.78 is 10.2. The van der Waals surface area contributed by atoms with Crippen LogP contribution in [-0.2, 0) is 0 Å². The van der Waals surface area contributed by atoms with Crippen molar-refractivity contribution >= 4 is 17.8 Å². The molecule has 0 atom stereocenters. The summed E-state index contributed by atoms with van der Waals surface area (Å²) >= 11 is 0. The van der Waals surface area contributed by atoms with Crippen molar-refractivity contribution in [2.45, 2.75) is 0 Å². The minimum atomic E-state index is -0.699. The molecule has 0 aliphatic carbocycles. The summed E-state index contributed by atoms with van der Waals surface area (Å²) in [6.45, 7) is 0. The van der Waals surface area contributed by atoms with Gasteiger partial charge in [0, 0.05) is 23.3 Å². The summed E-state index contributed by atoms with van der Waals surface area (Å²) in [6, 6.07) is 12.8. The number of hydrogen-bond acceptors (Lipinski definition) is 8. The molecule has 31 heavy (non-hydrogen) atoms. The molecule has 0 radical (unpaired) electrons. The van der Waals surface area contributed by atoms with Gasteiger partial charge in [0.25, 0.3) is 5.91 Å². The number of nitrogens with zero attached hydrogens (tertiary/aromatic N) is 3. The van der Waals surface area contributed by atoms with Gasteiger partial charge in [-0.2, -0.15) is 10.1 Å². The van der Waals surface area contributed by atoms with E-state index in [0.717, 1.165) is 0 Å². The lowest BCUT2D eigenvalue weighted by molar-refractivity contribution is -0.385. The summed E-state index contributed by atoms with van der Waals surface area (Å²) in [5.41, 5.74) is 2.46. The lowest BCUT2D eigenvalue weighted by atomic mass is 10.1. The van der Waals surface area contributed by atoms with E-state index in [4.69, 9.17) is 9.47 Å². The Morgan fingerprint density at radius 2 is 1.87 bits per heavy atom. The largest absolute Gasteiger partial charge is 0.496 e. The smallest absolute Gasteiger partial charge is 0.346 e. The van der Waals surface area contributed by atoms with Gasteiger partial charge in [0.2, 0.25) is 5.75 Å². The Hall–Kier alpha value is -4.54. The fourth-order valence-corrected chi connectivity index (χ4v) is 2.71. The number of benzene rings is 2. The van der Waals surface area contributed by atoms with Crippen LogP contribution in [0.2, 0.25) is 0 Å². The molecule has 2 N–H and O–H groups in total. The first-order valence-electron chi connectivity index (χ1n) is 8.83. The summed E-state index contributed by atoms with van der Waals surface area (Å²) in [6.07, 6.45) is 1.18. The summed E-state index contributed by atoms with van der Waals surface area (Å²) in [5.74, 6) is -0.426. The van der Waals surface area contributed by atoms with Crippen molar-refractivity contribution in [3.63, 3.8) is 0 Å². The first-order valence-corrected chi connectivity index (χ1v) is 8.83. The molecule has 0 fully saturated rings. The maximum atomic E-state index is 12.4. The first kappa shape index (κ1) is 21.2. The minimum absolute atomic E-state index is 0.0193. The number of ether oxygens (including phenoxy) is 2. The van der Waals surface area contributed by atoms with Crippen molar-refractivity contribution in [3.8, 4) is 22.8 Å². The minimum Gasteiger partial charge on any atom is -0.496 e. The highest BCUT2D eigenvalue weighted by Gasteiger charge is 2.19. The molecule has 0 aliphatic rings. The van der Waals surface area contributed by atoms with Gasteiger partial charge in [0.1, 0.15) is 11.4 Å². The Morgan fingerprint density at radius 3 is 2.52 bits per heavy atom. The van der Waals surface area contributed by atoms with Crippen molar-refractivity contribution in [1.82, 2.24) is 15.4 Å². The lowest BCUT2D eigenvalue weighted by Crippen LogP contribution is -2.24. The fraction of sp³-hybridized carbons (Fsp3) is 0.100. The van der Waals surface area contributed by atoms with Crippen LogP contribution >= 0.6 is 0 Å². The second-order valence-corrected chi connectivity index (χ2v) is 6.07. The van der Waals surface area contributed by atoms with Crippen LogP contribution < -0.4 is 20.6 Å². The third-order valence-electron chi connectivity index (χ3n) is 4.16. The molecule has 3 rings (SSSR count). The quantitative estimate of drug-likeness (QED) is 0.336. The average Bonchev–Trinajstić information content (AvgIpc) is 2.78. The van der Waals surface area contributed by atoms with Gasteiger partial charge >= 0.3 is 11.4 Å². The third-order valence-corrected chi connectivity index (χ3v) is 4.16. The molecule has 11 nitrogen and oxygen atoms in total. The van der Waals surface area contributed by atoms with Crippen molar-refractivity contribution in [3.05, 3.63) is 80.4 Å². The third kappa shape index (κ3) is 4.90. The van der Waals surface area contributed by atoms with Gasteiger partial charge in [-0.05, 0) is 6.07 Å². The van der Waals surface area contributed by atoms with Gasteiger partial charge in [-0.15, -0.1) is 0 Å². The van der Waals surface area contributed by atoms with Crippen LogP contribution in [0.4, 0.5) is 5.69 Å². The molecule has 0 aliphatic heterocycles. The van der Waals surface area contributed by atoms with Gasteiger partial charge in [-0.3, -0.25) is 14.9 Å². The standard InChI is InChI=1S/C20H17N5O6/c1-30-17-10-18(31-2)16(25(28)29)8-13(17)11-21-24-19(26)15-9-14(22-20(27)23-15)12-6-4-3-5-7-12/h3-11H,1-2H3,(H,24,26)(H,22,23,27)/b21-11+. The molecular formula is C20H17N5O6. The number of carbonyl (C=O) groups excluding carboxylic acids is 1. The fourth-order valence-electron chi connectivity index (χ4n) is 2.71. The zero-order valence-electron chi connectivity index (χ0n) is 16.5. The van der Waals surface area contributed by atoms with Gasteiger partial charge < -0.3 is 14.5 Å². The Balaban J connectivity index is 1.84. The van der Waals surface area contributed by atoms with Crippen molar-refractivity contribution in [1.29, 1.82) is 0 Å². The molecule has 2 aromatic carbocycles. The number of nitro benzene ring substituents is 1. The van der Waals surface area contributed by atoms with E-state index in [-0.39, 0.29) is 28.4 Å². The van der Waals surface area contributed by atoms with Gasteiger partial charge in [0.05, 0.1) is 31.1 Å². The highest BCUT2D eigenvalue weighted by atomic mass is 16.6. The Labute approximate surface area is 175 Å². The average molecular weight is 423 g/mol. The maximum Gasteiger partial charge on any atom is 0.346 e. The molecular weight excluding hydrogens is 406 g/mol. The topological polar surface area (TPSA) is 149 Å². The van der Waals surface area contributed by atoms with Crippen molar-refractivity contribution in [2.24, 2.45) is 5.10 Å². The van der Waals surface area contributed by atoms with E-state index >= 15 is 0 Å². The molecule has 158 valence electrons. The van der Waals surface area contributed by atoms with E-state index in [1.807, 2.05) is 6.07 Å². The van der Waals surface area contributed by atoms with Gasteiger partial charge in [-0.25, -0.2) is 10.2 Å². The van der Waals surface area contributed by atoms with Crippen LogP contribution in [0.15, 0.2) is 58.4 Å². The number of methoxy groups -OCH3 is 2. The molecule has 3 aromatic rings. The second-order valence-electron chi connectivity index (χ2n) is 6.07. The van der Waals surface area contributed by atoms with Crippen molar-refractivity contribution in [2.75, 3.05) is 14.2 Å². The lowest BCUT2D eigenvalue weighted by Gasteiger charge is -2.08. The molecule has 1 aromatic heterocycles. The number of nitro groups is 1. The van der Waals surface area contributed by atoms with Crippen LogP contribution in [0.5, 0.6) is 11.5 Å². The number of hydrazone groups is 1. The maximum absolute atomic E-state index is 12.4. The number of H-pyrrole nitrogens is 1. The number of nitrogens with one attached hydrogen (secondary N) is 2. The Kier molecular flexibility index (Phi) is 6.36. The zero-order chi connectivity index (χ0) is 22.4. The molecule has 1 heterocycles.